The molecule has 0 atom stereocenters. The van der Waals surface area contributed by atoms with Crippen molar-refractivity contribution >= 4 is 21.7 Å². The number of halogens is 2. The average Bonchev–Trinajstić information content (AvgIpc) is 2.40. The normalized spacial score (nSPS) is 16.8. The Morgan fingerprint density at radius 3 is 2.72 bits per heavy atom. The second kappa shape index (κ2) is 6.46. The predicted octanol–water partition coefficient (Wildman–Crippen LogP) is 5.13. The molecule has 0 aromatic heterocycles. The van der Waals surface area contributed by atoms with Gasteiger partial charge in [-0.3, -0.25) is 4.79 Å². The van der Waals surface area contributed by atoms with Crippen LogP contribution in [-0.4, -0.2) is 5.78 Å². The van der Waals surface area contributed by atoms with Gasteiger partial charge in [0.25, 0.3) is 0 Å². The Labute approximate surface area is 116 Å². The van der Waals surface area contributed by atoms with Gasteiger partial charge in [-0.1, -0.05) is 38.2 Å². The summed E-state index contributed by atoms with van der Waals surface area (Å²) < 4.78 is 14.1. The summed E-state index contributed by atoms with van der Waals surface area (Å²) in [6.45, 7) is 0. The number of carbonyl (C=O) groups excluding carboxylic acids is 1. The minimum absolute atomic E-state index is 0.0700. The summed E-state index contributed by atoms with van der Waals surface area (Å²) in [7, 11) is 0. The van der Waals surface area contributed by atoms with Crippen molar-refractivity contribution in [3.05, 3.63) is 34.1 Å². The molecule has 1 nitrogen and oxygen atoms in total. The van der Waals surface area contributed by atoms with Gasteiger partial charge in [-0.2, -0.15) is 0 Å². The van der Waals surface area contributed by atoms with Crippen molar-refractivity contribution in [2.75, 3.05) is 0 Å². The molecule has 1 aliphatic rings. The molecule has 0 spiro atoms. The first-order valence-corrected chi connectivity index (χ1v) is 7.45. The third-order valence-corrected chi connectivity index (χ3v) is 4.37. The van der Waals surface area contributed by atoms with Gasteiger partial charge in [0, 0.05) is 6.42 Å². The number of ketones is 1. The van der Waals surface area contributed by atoms with Crippen LogP contribution in [0.1, 0.15) is 55.3 Å². The van der Waals surface area contributed by atoms with Crippen LogP contribution >= 0.6 is 15.9 Å². The fourth-order valence-corrected chi connectivity index (χ4v) is 3.03. The summed E-state index contributed by atoms with van der Waals surface area (Å²) in [4.78, 5) is 12.0. The van der Waals surface area contributed by atoms with Crippen LogP contribution in [0.2, 0.25) is 0 Å². The zero-order valence-corrected chi connectivity index (χ0v) is 12.0. The fraction of sp³-hybridized carbons (Fsp3) is 0.533. The van der Waals surface area contributed by atoms with Gasteiger partial charge in [0.2, 0.25) is 0 Å². The van der Waals surface area contributed by atoms with Crippen LogP contribution in [0.4, 0.5) is 4.39 Å². The van der Waals surface area contributed by atoms with E-state index in [4.69, 9.17) is 0 Å². The van der Waals surface area contributed by atoms with Crippen LogP contribution in [0.25, 0.3) is 0 Å². The molecule has 0 bridgehead atoms. The molecule has 1 saturated carbocycles. The monoisotopic (exact) mass is 312 g/mol. The van der Waals surface area contributed by atoms with E-state index in [1.54, 1.807) is 18.2 Å². The van der Waals surface area contributed by atoms with Gasteiger partial charge in [-0.05, 0) is 40.4 Å². The highest BCUT2D eigenvalue weighted by molar-refractivity contribution is 9.10. The van der Waals surface area contributed by atoms with Gasteiger partial charge in [0.05, 0.1) is 10.0 Å². The molecular formula is C15H18BrFO. The molecule has 0 aliphatic heterocycles. The van der Waals surface area contributed by atoms with Crippen molar-refractivity contribution in [1.82, 2.24) is 0 Å². The minimum Gasteiger partial charge on any atom is -0.294 e. The topological polar surface area (TPSA) is 17.1 Å². The Balaban J connectivity index is 1.93. The predicted molar refractivity (Wildman–Crippen MR) is 74.2 cm³/mol. The van der Waals surface area contributed by atoms with E-state index in [-0.39, 0.29) is 11.3 Å². The van der Waals surface area contributed by atoms with Gasteiger partial charge in [-0.15, -0.1) is 0 Å². The van der Waals surface area contributed by atoms with Crippen molar-refractivity contribution < 1.29 is 9.18 Å². The van der Waals surface area contributed by atoms with Crippen LogP contribution in [0.5, 0.6) is 0 Å². The number of Topliss-reactive ketones (excluding diaryl/α,β-unsaturated/α-hetero) is 1. The minimum atomic E-state index is -0.425. The van der Waals surface area contributed by atoms with Crippen LogP contribution in [0.15, 0.2) is 22.7 Å². The molecule has 3 heteroatoms. The van der Waals surface area contributed by atoms with Crippen LogP contribution < -0.4 is 0 Å². The van der Waals surface area contributed by atoms with E-state index < -0.39 is 5.82 Å². The standard InChI is InChI=1S/C15H18BrFO/c16-13-8-4-7-12(15(13)17)14(18)10-9-11-5-2-1-3-6-11/h4,7-8,11H,1-3,5-6,9-10H2. The third-order valence-electron chi connectivity index (χ3n) is 3.76. The van der Waals surface area contributed by atoms with E-state index in [0.717, 1.165) is 6.42 Å². The smallest absolute Gasteiger partial charge is 0.165 e. The lowest BCUT2D eigenvalue weighted by Gasteiger charge is -2.20. The maximum Gasteiger partial charge on any atom is 0.165 e. The number of hydrogen-bond acceptors (Lipinski definition) is 1. The Hall–Kier alpha value is -0.700. The summed E-state index contributed by atoms with van der Waals surface area (Å²) in [6.07, 6.45) is 7.73. The molecule has 1 aromatic rings. The van der Waals surface area contributed by atoms with Crippen LogP contribution in [0.3, 0.4) is 0 Å². The highest BCUT2D eigenvalue weighted by atomic mass is 79.9. The van der Waals surface area contributed by atoms with Gasteiger partial charge < -0.3 is 0 Å². The molecule has 0 heterocycles. The number of carbonyl (C=O) groups is 1. The SMILES string of the molecule is O=C(CCC1CCCCC1)c1cccc(Br)c1F. The fourth-order valence-electron chi connectivity index (χ4n) is 2.66. The van der Waals surface area contributed by atoms with Crippen molar-refractivity contribution in [2.45, 2.75) is 44.9 Å². The molecule has 98 valence electrons. The molecule has 0 unspecified atom stereocenters. The van der Waals surface area contributed by atoms with Gasteiger partial charge in [-0.25, -0.2) is 4.39 Å². The van der Waals surface area contributed by atoms with E-state index in [0.29, 0.717) is 16.8 Å². The van der Waals surface area contributed by atoms with Gasteiger partial charge in [0.1, 0.15) is 5.82 Å². The highest BCUT2D eigenvalue weighted by Crippen LogP contribution is 2.28. The third kappa shape index (κ3) is 3.41. The lowest BCUT2D eigenvalue weighted by atomic mass is 9.85. The highest BCUT2D eigenvalue weighted by Gasteiger charge is 2.18. The maximum atomic E-state index is 13.7. The number of rotatable bonds is 4. The molecule has 18 heavy (non-hydrogen) atoms. The first-order valence-electron chi connectivity index (χ1n) is 6.65. The van der Waals surface area contributed by atoms with Crippen LogP contribution in [-0.2, 0) is 0 Å². The molecule has 0 N–H and O–H groups in total. The van der Waals surface area contributed by atoms with E-state index >= 15 is 0 Å². The van der Waals surface area contributed by atoms with E-state index in [1.165, 1.54) is 32.1 Å². The number of hydrogen-bond donors (Lipinski definition) is 0. The van der Waals surface area contributed by atoms with Crippen molar-refractivity contribution in [3.63, 3.8) is 0 Å². The zero-order valence-electron chi connectivity index (χ0n) is 10.4. The van der Waals surface area contributed by atoms with Gasteiger partial charge >= 0.3 is 0 Å². The quantitative estimate of drug-likeness (QED) is 0.704. The van der Waals surface area contributed by atoms with Crippen LogP contribution in [0, 0.1) is 11.7 Å². The summed E-state index contributed by atoms with van der Waals surface area (Å²) in [5, 5.41) is 0. The summed E-state index contributed by atoms with van der Waals surface area (Å²) in [5.74, 6) is 0.170. The van der Waals surface area contributed by atoms with Gasteiger partial charge in [0.15, 0.2) is 5.78 Å². The summed E-state index contributed by atoms with van der Waals surface area (Å²) in [5.41, 5.74) is 0.222. The van der Waals surface area contributed by atoms with E-state index in [2.05, 4.69) is 15.9 Å². The molecule has 1 aromatic carbocycles. The lowest BCUT2D eigenvalue weighted by molar-refractivity contribution is 0.0966. The average molecular weight is 313 g/mol. The van der Waals surface area contributed by atoms with Crippen molar-refractivity contribution in [3.8, 4) is 0 Å². The molecule has 0 saturated heterocycles. The summed E-state index contributed by atoms with van der Waals surface area (Å²) in [6, 6.07) is 4.90. The molecule has 1 fully saturated rings. The maximum absolute atomic E-state index is 13.7. The van der Waals surface area contributed by atoms with E-state index in [9.17, 15) is 9.18 Å². The van der Waals surface area contributed by atoms with Crippen molar-refractivity contribution in [1.29, 1.82) is 0 Å². The Bertz CT molecular complexity index is 425. The second-order valence-electron chi connectivity index (χ2n) is 5.07. The Morgan fingerprint density at radius 1 is 1.28 bits per heavy atom. The molecular weight excluding hydrogens is 295 g/mol. The van der Waals surface area contributed by atoms with E-state index in [1.807, 2.05) is 0 Å². The Kier molecular flexibility index (Phi) is 4.93. The summed E-state index contributed by atoms with van der Waals surface area (Å²) >= 11 is 3.11. The number of benzene rings is 1. The molecule has 0 radical (unpaired) electrons. The lowest BCUT2D eigenvalue weighted by Crippen LogP contribution is -2.10. The Morgan fingerprint density at radius 2 is 2.00 bits per heavy atom. The molecule has 2 rings (SSSR count). The largest absolute Gasteiger partial charge is 0.294 e. The molecule has 1 aliphatic carbocycles. The second-order valence-corrected chi connectivity index (χ2v) is 5.92. The molecule has 0 amide bonds. The zero-order chi connectivity index (χ0) is 13.0. The first-order chi connectivity index (χ1) is 8.68. The first kappa shape index (κ1) is 13.7. The van der Waals surface area contributed by atoms with Crippen molar-refractivity contribution in [2.24, 2.45) is 5.92 Å².